The van der Waals surface area contributed by atoms with E-state index in [9.17, 15) is 0 Å². The van der Waals surface area contributed by atoms with Crippen LogP contribution in [0.3, 0.4) is 0 Å². The highest BCUT2D eigenvalue weighted by atomic mass is 16.4. The van der Waals surface area contributed by atoms with Crippen LogP contribution in [0.15, 0.2) is 0 Å². The summed E-state index contributed by atoms with van der Waals surface area (Å²) in [7, 11) is 0. The molecule has 0 atom stereocenters. The number of rotatable bonds is 3. The molecule has 11 heavy (non-hydrogen) atoms. The van der Waals surface area contributed by atoms with Gasteiger partial charge in [0.25, 0.3) is 5.97 Å². The van der Waals surface area contributed by atoms with Crippen molar-refractivity contribution < 1.29 is 9.90 Å². The molecule has 0 aliphatic carbocycles. The zero-order chi connectivity index (χ0) is 9.28. The molecule has 0 spiro atoms. The fourth-order valence-electron chi connectivity index (χ4n) is 0.440. The Morgan fingerprint density at radius 3 is 2.00 bits per heavy atom. The smallest absolute Gasteiger partial charge is 0.300 e. The summed E-state index contributed by atoms with van der Waals surface area (Å²) in [5, 5.41) is 7.42. The molecule has 0 radical (unpaired) electrons. The van der Waals surface area contributed by atoms with Crippen molar-refractivity contribution in [3.8, 4) is 0 Å². The summed E-state index contributed by atoms with van der Waals surface area (Å²) in [6.07, 6.45) is 3.19. The Hall–Kier alpha value is -0.610. The highest BCUT2D eigenvalue weighted by Gasteiger charge is 1.88. The zero-order valence-corrected chi connectivity index (χ0v) is 7.21. The van der Waals surface area contributed by atoms with Gasteiger partial charge in [-0.2, -0.15) is 0 Å². The van der Waals surface area contributed by atoms with Crippen LogP contribution >= 0.6 is 0 Å². The second kappa shape index (κ2) is 9.39. The van der Waals surface area contributed by atoms with Gasteiger partial charge in [-0.3, -0.25) is 4.79 Å². The summed E-state index contributed by atoms with van der Waals surface area (Å²) >= 11 is 0. The minimum absolute atomic E-state index is 0.0973. The van der Waals surface area contributed by atoms with E-state index in [2.05, 4.69) is 6.92 Å². The van der Waals surface area contributed by atoms with E-state index in [4.69, 9.17) is 21.4 Å². The monoisotopic (exact) mass is 162 g/mol. The maximum absolute atomic E-state index is 9.00. The van der Waals surface area contributed by atoms with E-state index in [1.54, 1.807) is 0 Å². The Labute approximate surface area is 67.6 Å². The van der Waals surface area contributed by atoms with Gasteiger partial charge in [0, 0.05) is 6.92 Å². The molecule has 0 aromatic heterocycles. The minimum Gasteiger partial charge on any atom is -0.481 e. The van der Waals surface area contributed by atoms with Crippen molar-refractivity contribution in [1.29, 1.82) is 0 Å². The largest absolute Gasteiger partial charge is 0.481 e. The lowest BCUT2D eigenvalue weighted by molar-refractivity contribution is -0.134. The number of hydrogen-bond donors (Lipinski definition) is 3. The van der Waals surface area contributed by atoms with E-state index in [1.807, 2.05) is 0 Å². The number of aliphatic carboxylic acids is 1. The first-order valence-electron chi connectivity index (χ1n) is 3.71. The third-order valence-corrected chi connectivity index (χ3v) is 0.891. The SMILES string of the molecule is CC(=O)O.CCCCC(N)N. The van der Waals surface area contributed by atoms with Crippen LogP contribution in [0.4, 0.5) is 0 Å². The Morgan fingerprint density at radius 1 is 1.55 bits per heavy atom. The van der Waals surface area contributed by atoms with Gasteiger partial charge in [-0.25, -0.2) is 0 Å². The van der Waals surface area contributed by atoms with Crippen LogP contribution in [0.1, 0.15) is 33.1 Å². The summed E-state index contributed by atoms with van der Waals surface area (Å²) in [6.45, 7) is 3.21. The Bertz CT molecular complexity index is 90.4. The molecule has 0 saturated carbocycles. The molecule has 0 fully saturated rings. The van der Waals surface area contributed by atoms with Crippen molar-refractivity contribution in [2.75, 3.05) is 0 Å². The molecule has 0 rings (SSSR count). The van der Waals surface area contributed by atoms with Crippen LogP contribution < -0.4 is 11.5 Å². The molecule has 5 N–H and O–H groups in total. The van der Waals surface area contributed by atoms with Gasteiger partial charge in [-0.05, 0) is 6.42 Å². The van der Waals surface area contributed by atoms with E-state index < -0.39 is 5.97 Å². The maximum Gasteiger partial charge on any atom is 0.300 e. The molecule has 0 aromatic rings. The van der Waals surface area contributed by atoms with Crippen LogP contribution in [0.25, 0.3) is 0 Å². The number of carboxylic acids is 1. The molecule has 0 aliphatic heterocycles. The molecule has 0 bridgehead atoms. The topological polar surface area (TPSA) is 89.3 Å². The number of carbonyl (C=O) groups is 1. The maximum atomic E-state index is 9.00. The molecule has 4 heteroatoms. The first-order chi connectivity index (χ1) is 5.00. The molecule has 0 aromatic carbocycles. The van der Waals surface area contributed by atoms with Gasteiger partial charge in [0.2, 0.25) is 0 Å². The van der Waals surface area contributed by atoms with Crippen molar-refractivity contribution >= 4 is 5.97 Å². The van der Waals surface area contributed by atoms with Gasteiger partial charge in [0.05, 0.1) is 6.17 Å². The van der Waals surface area contributed by atoms with Crippen LogP contribution in [-0.4, -0.2) is 17.2 Å². The van der Waals surface area contributed by atoms with Gasteiger partial charge in [-0.15, -0.1) is 0 Å². The third kappa shape index (κ3) is 44.6. The van der Waals surface area contributed by atoms with Gasteiger partial charge >= 0.3 is 0 Å². The third-order valence-electron chi connectivity index (χ3n) is 0.891. The Balaban J connectivity index is 0. The molecular formula is C7H18N2O2. The first kappa shape index (κ1) is 13.0. The molecule has 0 amide bonds. The second-order valence-electron chi connectivity index (χ2n) is 2.33. The molecule has 4 nitrogen and oxygen atoms in total. The Kier molecular flexibility index (Phi) is 11.1. The Morgan fingerprint density at radius 2 is 1.91 bits per heavy atom. The lowest BCUT2D eigenvalue weighted by atomic mass is 10.2. The van der Waals surface area contributed by atoms with Crippen LogP contribution in [0, 0.1) is 0 Å². The number of carboxylic acid groups (broad SMARTS) is 1. The summed E-state index contributed by atoms with van der Waals surface area (Å²) < 4.78 is 0. The summed E-state index contributed by atoms with van der Waals surface area (Å²) in [5.74, 6) is -0.833. The molecule has 0 unspecified atom stereocenters. The van der Waals surface area contributed by atoms with E-state index >= 15 is 0 Å². The summed E-state index contributed by atoms with van der Waals surface area (Å²) in [6, 6.07) is 0. The number of nitrogens with two attached hydrogens (primary N) is 2. The predicted octanol–water partition coefficient (Wildman–Crippen LogP) is 0.511. The lowest BCUT2D eigenvalue weighted by Gasteiger charge is -2.00. The fourth-order valence-corrected chi connectivity index (χ4v) is 0.440. The van der Waals surface area contributed by atoms with Crippen molar-refractivity contribution in [2.24, 2.45) is 11.5 Å². The van der Waals surface area contributed by atoms with E-state index in [-0.39, 0.29) is 6.17 Å². The number of hydrogen-bond acceptors (Lipinski definition) is 3. The highest BCUT2D eigenvalue weighted by molar-refractivity contribution is 5.62. The standard InChI is InChI=1S/C5H14N2.C2H4O2/c1-2-3-4-5(6)7;1-2(3)4/h5H,2-4,6-7H2,1H3;1H3,(H,3,4). The van der Waals surface area contributed by atoms with Crippen molar-refractivity contribution in [3.63, 3.8) is 0 Å². The second-order valence-corrected chi connectivity index (χ2v) is 2.33. The van der Waals surface area contributed by atoms with Gasteiger partial charge in [0.15, 0.2) is 0 Å². The molecule has 0 heterocycles. The van der Waals surface area contributed by atoms with Crippen molar-refractivity contribution in [3.05, 3.63) is 0 Å². The summed E-state index contributed by atoms with van der Waals surface area (Å²) in [4.78, 5) is 9.00. The van der Waals surface area contributed by atoms with E-state index in [0.29, 0.717) is 0 Å². The molecule has 0 saturated heterocycles. The van der Waals surface area contributed by atoms with Crippen LogP contribution in [0.2, 0.25) is 0 Å². The molecular weight excluding hydrogens is 144 g/mol. The van der Waals surface area contributed by atoms with Gasteiger partial charge < -0.3 is 16.6 Å². The average molecular weight is 162 g/mol. The molecule has 0 aliphatic rings. The first-order valence-corrected chi connectivity index (χ1v) is 3.71. The fraction of sp³-hybridized carbons (Fsp3) is 0.857. The van der Waals surface area contributed by atoms with E-state index in [0.717, 1.165) is 19.8 Å². The minimum atomic E-state index is -0.833. The van der Waals surface area contributed by atoms with Crippen molar-refractivity contribution in [2.45, 2.75) is 39.3 Å². The predicted molar refractivity (Wildman–Crippen MR) is 45.0 cm³/mol. The molecule has 68 valence electrons. The zero-order valence-electron chi connectivity index (χ0n) is 7.21. The van der Waals surface area contributed by atoms with Crippen LogP contribution in [-0.2, 0) is 4.79 Å². The average Bonchev–Trinajstić information content (AvgIpc) is 1.82. The van der Waals surface area contributed by atoms with E-state index in [1.165, 1.54) is 6.42 Å². The van der Waals surface area contributed by atoms with Crippen LogP contribution in [0.5, 0.6) is 0 Å². The van der Waals surface area contributed by atoms with Gasteiger partial charge in [0.1, 0.15) is 0 Å². The van der Waals surface area contributed by atoms with Gasteiger partial charge in [-0.1, -0.05) is 19.8 Å². The normalized spacial score (nSPS) is 8.82. The summed E-state index contributed by atoms with van der Waals surface area (Å²) in [5.41, 5.74) is 10.5. The lowest BCUT2D eigenvalue weighted by Crippen LogP contribution is -2.29. The highest BCUT2D eigenvalue weighted by Crippen LogP contribution is 1.91. The van der Waals surface area contributed by atoms with Crippen molar-refractivity contribution in [1.82, 2.24) is 0 Å². The quantitative estimate of drug-likeness (QED) is 0.527. The number of unbranched alkanes of at least 4 members (excludes halogenated alkanes) is 1.